The quantitative estimate of drug-likeness (QED) is 0.776. The fraction of sp³-hybridized carbons (Fsp3) is 0.500. The highest BCUT2D eigenvalue weighted by Crippen LogP contribution is 2.36. The molecule has 4 nitrogen and oxygen atoms in total. The van der Waals surface area contributed by atoms with Crippen LogP contribution in [0.2, 0.25) is 10.0 Å². The second kappa shape index (κ2) is 6.10. The van der Waals surface area contributed by atoms with Crippen LogP contribution in [0, 0.1) is 0 Å². The van der Waals surface area contributed by atoms with Crippen molar-refractivity contribution in [1.82, 2.24) is 4.31 Å². The summed E-state index contributed by atoms with van der Waals surface area (Å²) in [6.45, 7) is 2.40. The van der Waals surface area contributed by atoms with Gasteiger partial charge in [-0.25, -0.2) is 8.42 Å². The van der Waals surface area contributed by atoms with Crippen LogP contribution in [0.4, 0.5) is 0 Å². The summed E-state index contributed by atoms with van der Waals surface area (Å²) in [5.41, 5.74) is 0. The summed E-state index contributed by atoms with van der Waals surface area (Å²) in [7, 11) is -2.24. The van der Waals surface area contributed by atoms with E-state index in [9.17, 15) is 8.42 Å². The van der Waals surface area contributed by atoms with E-state index in [0.29, 0.717) is 17.5 Å². The Bertz CT molecular complexity index is 600. The fourth-order valence-electron chi connectivity index (χ4n) is 2.30. The molecule has 1 aliphatic heterocycles. The van der Waals surface area contributed by atoms with Crippen molar-refractivity contribution in [3.63, 3.8) is 0 Å². The molecule has 1 fully saturated rings. The van der Waals surface area contributed by atoms with Crippen molar-refractivity contribution < 1.29 is 13.2 Å². The van der Waals surface area contributed by atoms with E-state index in [2.05, 4.69) is 15.9 Å². The molecule has 0 bridgehead atoms. The van der Waals surface area contributed by atoms with Crippen LogP contribution in [-0.4, -0.2) is 38.5 Å². The van der Waals surface area contributed by atoms with Crippen molar-refractivity contribution in [2.24, 2.45) is 0 Å². The zero-order valence-corrected chi connectivity index (χ0v) is 14.9. The number of likely N-dealkylation sites (N-methyl/N-ethyl adjacent to an activating group) is 1. The number of sulfonamides is 1. The van der Waals surface area contributed by atoms with Gasteiger partial charge in [0, 0.05) is 18.1 Å². The third-order valence-corrected chi connectivity index (χ3v) is 6.67. The van der Waals surface area contributed by atoms with E-state index >= 15 is 0 Å². The van der Waals surface area contributed by atoms with Crippen LogP contribution in [0.15, 0.2) is 21.5 Å². The van der Waals surface area contributed by atoms with Gasteiger partial charge in [-0.1, -0.05) is 39.1 Å². The van der Waals surface area contributed by atoms with Gasteiger partial charge in [0.1, 0.15) is 4.90 Å². The van der Waals surface area contributed by atoms with Crippen LogP contribution in [0.3, 0.4) is 0 Å². The molecule has 0 radical (unpaired) electrons. The molecule has 112 valence electrons. The summed E-state index contributed by atoms with van der Waals surface area (Å²) in [4.78, 5) is -0.0642. The van der Waals surface area contributed by atoms with E-state index in [4.69, 9.17) is 27.9 Å². The molecule has 20 heavy (non-hydrogen) atoms. The van der Waals surface area contributed by atoms with E-state index in [-0.39, 0.29) is 27.1 Å². The van der Waals surface area contributed by atoms with Crippen LogP contribution in [0.1, 0.15) is 13.3 Å². The molecule has 1 aromatic rings. The lowest BCUT2D eigenvalue weighted by Crippen LogP contribution is -2.41. The van der Waals surface area contributed by atoms with Gasteiger partial charge in [0.25, 0.3) is 0 Å². The van der Waals surface area contributed by atoms with Gasteiger partial charge in [-0.15, -0.1) is 0 Å². The minimum Gasteiger partial charge on any atom is -0.377 e. The summed E-state index contributed by atoms with van der Waals surface area (Å²) in [6, 6.07) is 2.82. The molecule has 0 aliphatic carbocycles. The molecule has 0 amide bonds. The third-order valence-electron chi connectivity index (χ3n) is 3.40. The van der Waals surface area contributed by atoms with Gasteiger partial charge in [-0.05, 0) is 25.5 Å². The predicted molar refractivity (Wildman–Crippen MR) is 82.9 cm³/mol. The predicted octanol–water partition coefficient (Wildman–Crippen LogP) is 3.55. The number of nitrogens with zero attached hydrogens (tertiary/aromatic N) is 1. The van der Waals surface area contributed by atoms with Crippen molar-refractivity contribution in [1.29, 1.82) is 0 Å². The van der Waals surface area contributed by atoms with E-state index < -0.39 is 10.0 Å². The first-order valence-electron chi connectivity index (χ1n) is 5.99. The third kappa shape index (κ3) is 3.00. The highest BCUT2D eigenvalue weighted by molar-refractivity contribution is 9.10. The average Bonchev–Trinajstić information content (AvgIpc) is 2.72. The Kier molecular flexibility index (Phi) is 5.04. The second-order valence-corrected chi connectivity index (χ2v) is 8.32. The summed E-state index contributed by atoms with van der Waals surface area (Å²) in [5, 5.41) is 0.200. The molecule has 8 heteroatoms. The molecular formula is C12H14BrCl2NO3S. The lowest BCUT2D eigenvalue weighted by molar-refractivity contribution is 0.102. The topological polar surface area (TPSA) is 46.6 Å². The first-order chi connectivity index (χ1) is 9.25. The van der Waals surface area contributed by atoms with Gasteiger partial charge in [-0.3, -0.25) is 0 Å². The Morgan fingerprint density at radius 3 is 2.35 bits per heavy atom. The van der Waals surface area contributed by atoms with E-state index in [0.717, 1.165) is 0 Å². The molecule has 0 spiro atoms. The van der Waals surface area contributed by atoms with Crippen molar-refractivity contribution in [2.45, 2.75) is 30.4 Å². The molecule has 1 saturated heterocycles. The van der Waals surface area contributed by atoms with Crippen molar-refractivity contribution in [2.75, 3.05) is 13.7 Å². The summed E-state index contributed by atoms with van der Waals surface area (Å²) < 4.78 is 32.8. The fourth-order valence-corrected chi connectivity index (χ4v) is 5.62. The molecular weight excluding hydrogens is 389 g/mol. The van der Waals surface area contributed by atoms with E-state index in [1.54, 1.807) is 0 Å². The maximum Gasteiger partial charge on any atom is 0.246 e. The van der Waals surface area contributed by atoms with Crippen LogP contribution >= 0.6 is 39.1 Å². The number of ether oxygens (including phenoxy) is 1. The molecule has 1 heterocycles. The van der Waals surface area contributed by atoms with Gasteiger partial charge in [0.05, 0.1) is 22.2 Å². The van der Waals surface area contributed by atoms with Gasteiger partial charge in [0.2, 0.25) is 10.0 Å². The molecule has 2 atom stereocenters. The maximum atomic E-state index is 12.7. The SMILES string of the molecule is CC1OCCC1N(C)S(=O)(=O)c1c(Cl)cc(Br)cc1Cl. The number of benzene rings is 1. The lowest BCUT2D eigenvalue weighted by atomic mass is 10.2. The van der Waals surface area contributed by atoms with E-state index in [1.807, 2.05) is 6.92 Å². The molecule has 1 aromatic carbocycles. The minimum absolute atomic E-state index is 0.0642. The van der Waals surface area contributed by atoms with E-state index in [1.165, 1.54) is 23.5 Å². The highest BCUT2D eigenvalue weighted by Gasteiger charge is 2.37. The Morgan fingerprint density at radius 2 is 1.90 bits per heavy atom. The standard InChI is InChI=1S/C12H14BrCl2NO3S/c1-7-11(3-4-19-7)16(2)20(17,18)12-9(14)5-8(13)6-10(12)15/h5-7,11H,3-4H2,1-2H3. The van der Waals surface area contributed by atoms with Crippen molar-refractivity contribution >= 4 is 49.2 Å². The molecule has 0 aromatic heterocycles. The largest absolute Gasteiger partial charge is 0.377 e. The zero-order valence-electron chi connectivity index (χ0n) is 10.9. The van der Waals surface area contributed by atoms with Gasteiger partial charge in [0.15, 0.2) is 0 Å². The van der Waals surface area contributed by atoms with Gasteiger partial charge >= 0.3 is 0 Å². The molecule has 2 rings (SSSR count). The number of hydrogen-bond acceptors (Lipinski definition) is 3. The second-order valence-electron chi connectivity index (χ2n) is 4.65. The van der Waals surface area contributed by atoms with Crippen LogP contribution in [-0.2, 0) is 14.8 Å². The summed E-state index contributed by atoms with van der Waals surface area (Å²) >= 11 is 15.3. The Morgan fingerprint density at radius 1 is 1.35 bits per heavy atom. The van der Waals surface area contributed by atoms with Crippen molar-refractivity contribution in [3.8, 4) is 0 Å². The van der Waals surface area contributed by atoms with Crippen molar-refractivity contribution in [3.05, 3.63) is 26.7 Å². The number of halogens is 3. The maximum absolute atomic E-state index is 12.7. The monoisotopic (exact) mass is 401 g/mol. The smallest absolute Gasteiger partial charge is 0.246 e. The Balaban J connectivity index is 2.45. The van der Waals surface area contributed by atoms with Crippen LogP contribution < -0.4 is 0 Å². The Labute approximate surface area is 137 Å². The normalized spacial score (nSPS) is 23.5. The number of rotatable bonds is 3. The molecule has 2 unspecified atom stereocenters. The summed E-state index contributed by atoms with van der Waals surface area (Å²) in [6.07, 6.45) is 0.505. The van der Waals surface area contributed by atoms with Gasteiger partial charge < -0.3 is 4.74 Å². The lowest BCUT2D eigenvalue weighted by Gasteiger charge is -2.26. The first kappa shape index (κ1) is 16.5. The molecule has 0 saturated carbocycles. The zero-order chi connectivity index (χ0) is 15.1. The Hall–Kier alpha value is 0.150. The highest BCUT2D eigenvalue weighted by atomic mass is 79.9. The minimum atomic E-state index is -3.76. The first-order valence-corrected chi connectivity index (χ1v) is 8.98. The summed E-state index contributed by atoms with van der Waals surface area (Å²) in [5.74, 6) is 0. The molecule has 0 N–H and O–H groups in total. The van der Waals surface area contributed by atoms with Gasteiger partial charge in [-0.2, -0.15) is 4.31 Å². The van der Waals surface area contributed by atoms with Crippen LogP contribution in [0.5, 0.6) is 0 Å². The average molecular weight is 403 g/mol. The molecule has 1 aliphatic rings. The number of hydrogen-bond donors (Lipinski definition) is 0. The van der Waals surface area contributed by atoms with Crippen LogP contribution in [0.25, 0.3) is 0 Å².